The Morgan fingerprint density at radius 3 is 1.03 bits per heavy atom. The summed E-state index contributed by atoms with van der Waals surface area (Å²) in [7, 11) is 0. The summed E-state index contributed by atoms with van der Waals surface area (Å²) in [6.45, 7) is 19.2. The Kier molecular flexibility index (Phi) is 31.8. The molecule has 0 aliphatic carbocycles. The molecule has 14 rings (SSSR count). The van der Waals surface area contributed by atoms with Crippen molar-refractivity contribution in [3.63, 3.8) is 0 Å². The Labute approximate surface area is 698 Å². The number of carbonyl (C=O) groups is 7. The van der Waals surface area contributed by atoms with Gasteiger partial charge in [0.05, 0.1) is 45.5 Å². The molecular formula is C97H77Cl2F2NO16S. The molecule has 14 aromatic rings. The predicted molar refractivity (Wildman–Crippen MR) is 462 cm³/mol. The molecule has 0 aliphatic heterocycles. The number of aromatic carboxylic acids is 7. The minimum atomic E-state index is -0.999. The van der Waals surface area contributed by atoms with E-state index in [1.54, 1.807) is 247 Å². The van der Waals surface area contributed by atoms with Gasteiger partial charge in [-0.3, -0.25) is 0 Å². The minimum Gasteiger partial charge on any atom is -0.508 e. The number of para-hydroxylation sites is 1. The van der Waals surface area contributed by atoms with E-state index in [0.717, 1.165) is 66.1 Å². The molecule has 0 unspecified atom stereocenters. The first kappa shape index (κ1) is 89.9. The van der Waals surface area contributed by atoms with Gasteiger partial charge in [-0.1, -0.05) is 205 Å². The van der Waals surface area contributed by atoms with Crippen LogP contribution >= 0.6 is 34.5 Å². The highest BCUT2D eigenvalue weighted by Crippen LogP contribution is 2.35. The number of phenols is 2. The molecule has 22 heteroatoms. The van der Waals surface area contributed by atoms with E-state index in [-0.39, 0.29) is 51.0 Å². The fourth-order valence-corrected chi connectivity index (χ4v) is 13.1. The van der Waals surface area contributed by atoms with Crippen LogP contribution in [0.3, 0.4) is 0 Å². The maximum absolute atomic E-state index is 13.6. The number of aromatic hydroxyl groups is 2. The summed E-state index contributed by atoms with van der Waals surface area (Å²) < 4.78 is 26.6. The number of halogens is 4. The number of carboxylic acids is 7. The molecule has 1 aromatic heterocycles. The highest BCUT2D eigenvalue weighted by Gasteiger charge is 2.18. The lowest BCUT2D eigenvalue weighted by Gasteiger charge is -2.08. The highest BCUT2D eigenvalue weighted by atomic mass is 35.5. The van der Waals surface area contributed by atoms with Crippen LogP contribution in [0.1, 0.15) is 111 Å². The molecule has 9 N–H and O–H groups in total. The molecule has 17 nitrogen and oxygen atoms in total. The summed E-state index contributed by atoms with van der Waals surface area (Å²) in [6.07, 6.45) is 0. The Hall–Kier alpha value is -14.6. The molecule has 0 amide bonds. The molecule has 119 heavy (non-hydrogen) atoms. The van der Waals surface area contributed by atoms with Gasteiger partial charge in [0.15, 0.2) is 5.69 Å². The van der Waals surface area contributed by atoms with Crippen LogP contribution in [0.4, 0.5) is 14.5 Å². The van der Waals surface area contributed by atoms with Gasteiger partial charge in [0.1, 0.15) is 23.1 Å². The Morgan fingerprint density at radius 2 is 0.647 bits per heavy atom. The summed E-state index contributed by atoms with van der Waals surface area (Å²) >= 11 is 13.5. The lowest BCUT2D eigenvalue weighted by Crippen LogP contribution is -2.00. The van der Waals surface area contributed by atoms with Gasteiger partial charge in [-0.15, -0.1) is 11.3 Å². The molecule has 0 radical (unpaired) electrons. The third kappa shape index (κ3) is 24.9. The van der Waals surface area contributed by atoms with E-state index in [2.05, 4.69) is 4.85 Å². The first-order chi connectivity index (χ1) is 56.6. The zero-order valence-electron chi connectivity index (χ0n) is 64.9. The number of rotatable bonds is 14. The third-order valence-corrected chi connectivity index (χ3v) is 19.9. The first-order valence-electron chi connectivity index (χ1n) is 36.1. The topological polar surface area (TPSA) is 306 Å². The number of thiophene rings is 1. The van der Waals surface area contributed by atoms with Crippen molar-refractivity contribution in [2.45, 2.75) is 48.5 Å². The SMILES string of the molecule is Cc1ccc(-c2ccc(Cl)cc2Cl)cc1C(=O)O.Cc1ccc(-c2cccc(F)c2)cc1C(=O)O.Cc1ccc(-c2cccc(O)c2)cc1C(=O)O.Cc1ccc(-c2ccccc2F)cc1C(=O)O.Cc1ccc(-c2ccccc2O)cc1C(=O)O.Cc1ccc(-c2cccs2)cc1C(=O)O.[C-]#[N+]c1ccc(-c2ccc(C)c(C(=O)O)c2)cc1. The zero-order chi connectivity index (χ0) is 86.9. The van der Waals surface area contributed by atoms with Gasteiger partial charge in [0, 0.05) is 31.6 Å². The van der Waals surface area contributed by atoms with Gasteiger partial charge in [-0.25, -0.2) is 47.2 Å². The molecule has 0 spiro atoms. The third-order valence-electron chi connectivity index (χ3n) is 18.4. The lowest BCUT2D eigenvalue weighted by atomic mass is 9.99. The van der Waals surface area contributed by atoms with Crippen molar-refractivity contribution in [2.24, 2.45) is 0 Å². The van der Waals surface area contributed by atoms with Crippen molar-refractivity contribution in [1.29, 1.82) is 0 Å². The quantitative estimate of drug-likeness (QED) is 0.0457. The highest BCUT2D eigenvalue weighted by molar-refractivity contribution is 7.13. The van der Waals surface area contributed by atoms with Crippen molar-refractivity contribution in [2.75, 3.05) is 0 Å². The van der Waals surface area contributed by atoms with Crippen LogP contribution in [0.5, 0.6) is 11.5 Å². The monoisotopic (exact) mass is 1650 g/mol. The van der Waals surface area contributed by atoms with E-state index in [1.165, 1.54) is 24.3 Å². The molecule has 1 heterocycles. The average Bonchev–Trinajstić information content (AvgIpc) is 1.83. The second-order valence-electron chi connectivity index (χ2n) is 26.7. The number of hydrogen-bond acceptors (Lipinski definition) is 10. The van der Waals surface area contributed by atoms with Gasteiger partial charge >= 0.3 is 41.8 Å². The van der Waals surface area contributed by atoms with Gasteiger partial charge in [-0.05, 0) is 245 Å². The number of hydrogen-bond donors (Lipinski definition) is 9. The average molecular weight is 1650 g/mol. The summed E-state index contributed by atoms with van der Waals surface area (Å²) in [6, 6.07) is 78.6. The van der Waals surface area contributed by atoms with Gasteiger partial charge < -0.3 is 46.0 Å². The molecule has 0 bridgehead atoms. The van der Waals surface area contributed by atoms with Crippen LogP contribution in [0, 0.1) is 66.7 Å². The largest absolute Gasteiger partial charge is 0.508 e. The van der Waals surface area contributed by atoms with Crippen molar-refractivity contribution < 1.29 is 88.3 Å². The zero-order valence-corrected chi connectivity index (χ0v) is 67.2. The van der Waals surface area contributed by atoms with Crippen LogP contribution in [-0.2, 0) is 0 Å². The number of nitrogens with zero attached hydrogens (tertiary/aromatic N) is 1. The Balaban J connectivity index is 0.000000173. The normalized spacial score (nSPS) is 10.2. The van der Waals surface area contributed by atoms with Crippen LogP contribution < -0.4 is 0 Å². The molecule has 0 atom stereocenters. The standard InChI is InChI=1S/C15H11NO2.C14H10Cl2O2.2C14H11FO2.2C14H12O3.C12H10O2S/c1-10-3-4-12(9-14(10)15(17)18)11-5-7-13(16-2)8-6-11;1-8-2-3-9(6-12(8)14(17)18)11-5-4-10(15)7-13(11)16;1-9-5-6-11(8-13(9)14(16)17)10-3-2-4-12(15)7-10;1-9-6-7-10(8-12(9)14(16)17)11-4-2-3-5-13(11)15;1-9-5-6-11(8-13(9)14(16)17)10-3-2-4-12(15)7-10;1-9-6-7-10(8-12(9)14(16)17)11-4-2-3-5-13(11)15;1-8-4-5-9(7-10(8)12(13)14)11-3-2-6-15-11/h3-9H,1H3,(H,17,18);2-7H,1H3,(H,17,18);2*2-8H,1H3,(H,16,17);2*2-8,15H,1H3,(H,16,17);2-7H,1H3,(H,13,14). The minimum absolute atomic E-state index is 0.146. The first-order valence-corrected chi connectivity index (χ1v) is 37.7. The summed E-state index contributed by atoms with van der Waals surface area (Å²) in [5, 5.41) is 85.4. The second kappa shape index (κ2) is 42.1. The van der Waals surface area contributed by atoms with Crippen LogP contribution in [-0.4, -0.2) is 87.7 Å². The summed E-state index contributed by atoms with van der Waals surface area (Å²) in [4.78, 5) is 81.6. The smallest absolute Gasteiger partial charge is 0.335 e. The van der Waals surface area contributed by atoms with E-state index in [9.17, 15) is 52.6 Å². The predicted octanol–water partition coefficient (Wildman–Crippen LogP) is 25.1. The van der Waals surface area contributed by atoms with Crippen molar-refractivity contribution >= 4 is 82.0 Å². The van der Waals surface area contributed by atoms with E-state index in [4.69, 9.17) is 65.5 Å². The Morgan fingerprint density at radius 1 is 0.311 bits per heavy atom. The van der Waals surface area contributed by atoms with E-state index < -0.39 is 41.8 Å². The Bertz CT molecular complexity index is 5930. The molecule has 0 fully saturated rings. The van der Waals surface area contributed by atoms with Gasteiger partial charge in [-0.2, -0.15) is 0 Å². The fraction of sp³-hybridized carbons (Fsp3) is 0.0722. The van der Waals surface area contributed by atoms with Crippen molar-refractivity contribution in [3.05, 3.63) is 395 Å². The number of carboxylic acid groups (broad SMARTS) is 7. The maximum Gasteiger partial charge on any atom is 0.335 e. The summed E-state index contributed by atoms with van der Waals surface area (Å²) in [5.41, 5.74) is 17.1. The number of aryl methyl sites for hydroxylation is 7. The molecule has 13 aromatic carbocycles. The number of benzene rings is 13. The number of phenolic OH excluding ortho intramolecular Hbond substituents is 2. The molecule has 0 saturated heterocycles. The van der Waals surface area contributed by atoms with Crippen molar-refractivity contribution in [3.8, 4) is 88.7 Å². The lowest BCUT2D eigenvalue weighted by molar-refractivity contribution is 0.0685. The summed E-state index contributed by atoms with van der Waals surface area (Å²) in [5.74, 6) is -6.98. The molecule has 600 valence electrons. The molecular weight excluding hydrogens is 1580 g/mol. The van der Waals surface area contributed by atoms with E-state index >= 15 is 0 Å². The molecule has 0 saturated carbocycles. The second-order valence-corrected chi connectivity index (χ2v) is 28.5. The maximum atomic E-state index is 13.6. The molecule has 0 aliphatic rings. The van der Waals surface area contributed by atoms with Crippen molar-refractivity contribution in [1.82, 2.24) is 0 Å². The van der Waals surface area contributed by atoms with Crippen LogP contribution in [0.2, 0.25) is 10.0 Å². The van der Waals surface area contributed by atoms with E-state index in [1.807, 2.05) is 73.0 Å². The van der Waals surface area contributed by atoms with Crippen LogP contribution in [0.15, 0.2) is 284 Å². The van der Waals surface area contributed by atoms with Gasteiger partial charge in [0.25, 0.3) is 0 Å². The van der Waals surface area contributed by atoms with Crippen LogP contribution in [0.25, 0.3) is 82.0 Å². The fourth-order valence-electron chi connectivity index (χ4n) is 11.8. The van der Waals surface area contributed by atoms with E-state index in [0.29, 0.717) is 76.9 Å². The van der Waals surface area contributed by atoms with Gasteiger partial charge in [0.2, 0.25) is 0 Å².